The molecule has 2 aromatic carbocycles. The van der Waals surface area contributed by atoms with Crippen molar-refractivity contribution >= 4 is 21.8 Å². The topological polar surface area (TPSA) is 55.7 Å². The molecule has 0 aliphatic heterocycles. The van der Waals surface area contributed by atoms with Crippen LogP contribution in [0.1, 0.15) is 0 Å². The van der Waals surface area contributed by atoms with E-state index in [-0.39, 0.29) is 0 Å². The van der Waals surface area contributed by atoms with E-state index in [1.807, 2.05) is 54.6 Å². The maximum Gasteiger partial charge on any atom is 0.220 e. The Labute approximate surface area is 148 Å². The number of rotatable bonds is 3. The number of nitrogens with zero attached hydrogens (tertiary/aromatic N) is 3. The van der Waals surface area contributed by atoms with Gasteiger partial charge in [-0.1, -0.05) is 60.7 Å². The summed E-state index contributed by atoms with van der Waals surface area (Å²) in [5.41, 5.74) is 4.53. The van der Waals surface area contributed by atoms with Crippen molar-refractivity contribution in [3.05, 3.63) is 72.9 Å². The smallest absolute Gasteiger partial charge is 0.220 e. The molecule has 1 unspecified atom stereocenters. The van der Waals surface area contributed by atoms with Gasteiger partial charge in [-0.2, -0.15) is 0 Å². The highest BCUT2D eigenvalue weighted by Gasteiger charge is 2.13. The lowest BCUT2D eigenvalue weighted by Gasteiger charge is -2.11. The zero-order chi connectivity index (χ0) is 17.2. The normalized spacial score (nSPS) is 12.2. The summed E-state index contributed by atoms with van der Waals surface area (Å²) in [6.07, 6.45) is 3.25. The molecule has 0 bridgehead atoms. The summed E-state index contributed by atoms with van der Waals surface area (Å²) in [6, 6.07) is 22.2. The van der Waals surface area contributed by atoms with Gasteiger partial charge in [-0.3, -0.25) is 4.21 Å². The second-order valence-corrected chi connectivity index (χ2v) is 6.91. The second-order valence-electron chi connectivity index (χ2n) is 5.64. The average molecular weight is 345 g/mol. The third-order valence-corrected chi connectivity index (χ3v) is 4.65. The number of benzene rings is 2. The van der Waals surface area contributed by atoms with Crippen molar-refractivity contribution in [1.82, 2.24) is 15.0 Å². The third-order valence-electron chi connectivity index (χ3n) is 3.94. The van der Waals surface area contributed by atoms with Crippen molar-refractivity contribution in [2.75, 3.05) is 6.26 Å². The lowest BCUT2D eigenvalue weighted by Crippen LogP contribution is -2.00. The summed E-state index contributed by atoms with van der Waals surface area (Å²) in [6.45, 7) is 0. The van der Waals surface area contributed by atoms with Gasteiger partial charge in [-0.25, -0.2) is 15.0 Å². The van der Waals surface area contributed by atoms with Crippen molar-refractivity contribution in [3.8, 4) is 22.4 Å². The summed E-state index contributed by atoms with van der Waals surface area (Å²) in [4.78, 5) is 13.3. The monoisotopic (exact) mass is 345 g/mol. The molecule has 4 nitrogen and oxygen atoms in total. The first-order valence-corrected chi connectivity index (χ1v) is 9.40. The van der Waals surface area contributed by atoms with Gasteiger partial charge in [-0.05, 0) is 11.6 Å². The lowest BCUT2D eigenvalue weighted by molar-refractivity contribution is 0.680. The van der Waals surface area contributed by atoms with Crippen molar-refractivity contribution in [3.63, 3.8) is 0 Å². The third kappa shape index (κ3) is 3.06. The molecule has 122 valence electrons. The SMILES string of the molecule is CS(=O)c1ncc2cc(-c3ccccc3)c(-c3ccccc3)nc2n1. The zero-order valence-electron chi connectivity index (χ0n) is 13.6. The largest absolute Gasteiger partial charge is 0.251 e. The Kier molecular flexibility index (Phi) is 4.07. The van der Waals surface area contributed by atoms with Crippen LogP contribution in [0.25, 0.3) is 33.4 Å². The van der Waals surface area contributed by atoms with Crippen LogP contribution in [0.2, 0.25) is 0 Å². The molecule has 4 aromatic rings. The first-order chi connectivity index (χ1) is 12.2. The van der Waals surface area contributed by atoms with E-state index in [1.54, 1.807) is 12.5 Å². The fourth-order valence-corrected chi connectivity index (χ4v) is 3.16. The maximum absolute atomic E-state index is 11.7. The molecule has 0 saturated heterocycles. The highest BCUT2D eigenvalue weighted by Crippen LogP contribution is 2.32. The van der Waals surface area contributed by atoms with E-state index in [1.165, 1.54) is 0 Å². The molecule has 0 amide bonds. The lowest BCUT2D eigenvalue weighted by atomic mass is 9.98. The Bertz CT molecular complexity index is 1070. The van der Waals surface area contributed by atoms with Crippen molar-refractivity contribution in [2.45, 2.75) is 5.16 Å². The molecule has 0 radical (unpaired) electrons. The van der Waals surface area contributed by atoms with Crippen LogP contribution in [-0.2, 0) is 10.8 Å². The molecule has 0 aliphatic rings. The van der Waals surface area contributed by atoms with Gasteiger partial charge in [0.05, 0.1) is 16.5 Å². The Hall–Kier alpha value is -2.92. The van der Waals surface area contributed by atoms with Gasteiger partial charge in [0.15, 0.2) is 5.65 Å². The molecule has 2 aromatic heterocycles. The van der Waals surface area contributed by atoms with E-state index in [4.69, 9.17) is 4.98 Å². The van der Waals surface area contributed by atoms with Crippen LogP contribution >= 0.6 is 0 Å². The summed E-state index contributed by atoms with van der Waals surface area (Å²) in [5, 5.41) is 1.12. The molecule has 0 aliphatic carbocycles. The van der Waals surface area contributed by atoms with E-state index in [0.29, 0.717) is 10.8 Å². The van der Waals surface area contributed by atoms with Crippen LogP contribution < -0.4 is 0 Å². The first kappa shape index (κ1) is 15.6. The number of hydrogen-bond donors (Lipinski definition) is 0. The summed E-state index contributed by atoms with van der Waals surface area (Å²) < 4.78 is 11.7. The van der Waals surface area contributed by atoms with Crippen molar-refractivity contribution < 1.29 is 4.21 Å². The minimum Gasteiger partial charge on any atom is -0.251 e. The van der Waals surface area contributed by atoms with E-state index in [9.17, 15) is 4.21 Å². The summed E-state index contributed by atoms with van der Waals surface area (Å²) >= 11 is 0. The Morgan fingerprint density at radius 2 is 1.48 bits per heavy atom. The first-order valence-electron chi connectivity index (χ1n) is 7.84. The Morgan fingerprint density at radius 1 is 0.840 bits per heavy atom. The quantitative estimate of drug-likeness (QED) is 0.525. The van der Waals surface area contributed by atoms with Crippen LogP contribution in [0, 0.1) is 0 Å². The van der Waals surface area contributed by atoms with E-state index in [0.717, 1.165) is 27.8 Å². The highest BCUT2D eigenvalue weighted by atomic mass is 32.2. The van der Waals surface area contributed by atoms with Gasteiger partial charge < -0.3 is 0 Å². The van der Waals surface area contributed by atoms with E-state index >= 15 is 0 Å². The fraction of sp³-hybridized carbons (Fsp3) is 0.0500. The minimum absolute atomic E-state index is 0.298. The molecule has 4 rings (SSSR count). The summed E-state index contributed by atoms with van der Waals surface area (Å²) in [5.74, 6) is 0. The maximum atomic E-state index is 11.7. The predicted octanol–water partition coefficient (Wildman–Crippen LogP) is 4.10. The van der Waals surface area contributed by atoms with Crippen molar-refractivity contribution in [2.24, 2.45) is 0 Å². The van der Waals surface area contributed by atoms with Gasteiger partial charge >= 0.3 is 0 Å². The predicted molar refractivity (Wildman–Crippen MR) is 101 cm³/mol. The highest BCUT2D eigenvalue weighted by molar-refractivity contribution is 7.84. The molecule has 2 heterocycles. The number of fused-ring (bicyclic) bond motifs is 1. The van der Waals surface area contributed by atoms with E-state index in [2.05, 4.69) is 22.1 Å². The molecule has 0 fully saturated rings. The molecule has 0 spiro atoms. The van der Waals surface area contributed by atoms with Crippen molar-refractivity contribution in [1.29, 1.82) is 0 Å². The summed E-state index contributed by atoms with van der Waals surface area (Å²) in [7, 11) is -1.24. The van der Waals surface area contributed by atoms with Gasteiger partial charge in [0, 0.05) is 29.0 Å². The van der Waals surface area contributed by atoms with Crippen LogP contribution in [-0.4, -0.2) is 25.4 Å². The van der Waals surface area contributed by atoms with Crippen LogP contribution in [0.4, 0.5) is 0 Å². The number of hydrogen-bond acceptors (Lipinski definition) is 4. The van der Waals surface area contributed by atoms with Gasteiger partial charge in [-0.15, -0.1) is 0 Å². The van der Waals surface area contributed by atoms with Gasteiger partial charge in [0.2, 0.25) is 5.16 Å². The number of aromatic nitrogens is 3. The average Bonchev–Trinajstić information content (AvgIpc) is 2.68. The van der Waals surface area contributed by atoms with E-state index < -0.39 is 10.8 Å². The molecule has 5 heteroatoms. The number of pyridine rings is 1. The molecular formula is C20H15N3OS. The molecule has 0 N–H and O–H groups in total. The Morgan fingerprint density at radius 3 is 2.12 bits per heavy atom. The zero-order valence-corrected chi connectivity index (χ0v) is 14.4. The van der Waals surface area contributed by atoms with Crippen LogP contribution in [0.15, 0.2) is 78.1 Å². The van der Waals surface area contributed by atoms with Gasteiger partial charge in [0.25, 0.3) is 0 Å². The minimum atomic E-state index is -1.24. The fourth-order valence-electron chi connectivity index (χ4n) is 2.74. The molecule has 0 saturated carbocycles. The molecular weight excluding hydrogens is 330 g/mol. The second kappa shape index (κ2) is 6.53. The Balaban J connectivity index is 2.02. The molecule has 25 heavy (non-hydrogen) atoms. The van der Waals surface area contributed by atoms with Gasteiger partial charge in [0.1, 0.15) is 0 Å². The van der Waals surface area contributed by atoms with Crippen LogP contribution in [0.3, 0.4) is 0 Å². The molecule has 1 atom stereocenters. The standard InChI is InChI=1S/C20H15N3OS/c1-25(24)20-21-13-16-12-17(14-8-4-2-5-9-14)18(22-19(16)23-20)15-10-6-3-7-11-15/h2-13H,1H3. The van der Waals surface area contributed by atoms with Crippen LogP contribution in [0.5, 0.6) is 0 Å².